The molecule has 0 aliphatic carbocycles. The monoisotopic (exact) mass is 581 g/mol. The molecule has 0 atom stereocenters. The number of para-hydroxylation sites is 1. The Labute approximate surface area is 200 Å². The highest BCUT2D eigenvalue weighted by molar-refractivity contribution is 14.1. The Morgan fingerprint density at radius 3 is 2.58 bits per heavy atom. The maximum Gasteiger partial charge on any atom is 0.266 e. The van der Waals surface area contributed by atoms with E-state index >= 15 is 0 Å². The van der Waals surface area contributed by atoms with Crippen LogP contribution in [0, 0.1) is 10.5 Å². The molecule has 4 nitrogen and oxygen atoms in total. The molecule has 0 bridgehead atoms. The van der Waals surface area contributed by atoms with Gasteiger partial charge in [-0.15, -0.1) is 0 Å². The van der Waals surface area contributed by atoms with Crippen LogP contribution in [0.25, 0.3) is 39.6 Å². The van der Waals surface area contributed by atoms with E-state index in [4.69, 9.17) is 4.98 Å². The van der Waals surface area contributed by atoms with Crippen LogP contribution in [0.5, 0.6) is 0 Å². The summed E-state index contributed by atoms with van der Waals surface area (Å²) in [7, 11) is 0. The van der Waals surface area contributed by atoms with Gasteiger partial charge in [-0.1, -0.05) is 34.1 Å². The van der Waals surface area contributed by atoms with E-state index in [0.717, 1.165) is 35.9 Å². The highest BCUT2D eigenvalue weighted by Crippen LogP contribution is 2.25. The number of aromatic amines is 1. The second-order valence-electron chi connectivity index (χ2n) is 7.29. The Bertz CT molecular complexity index is 1530. The minimum absolute atomic E-state index is 0.0823. The van der Waals surface area contributed by atoms with Gasteiger partial charge in [-0.2, -0.15) is 0 Å². The number of H-pyrrole nitrogens is 1. The number of benzene rings is 3. The molecular formula is C25H17BrIN3O. The third-order valence-electron chi connectivity index (χ3n) is 5.28. The minimum atomic E-state index is -0.0823. The number of hydrogen-bond donors (Lipinski definition) is 1. The van der Waals surface area contributed by atoms with E-state index in [-0.39, 0.29) is 5.56 Å². The Kier molecular flexibility index (Phi) is 5.27. The average Bonchev–Trinajstić information content (AvgIpc) is 3.09. The Balaban J connectivity index is 1.75. The molecule has 0 fully saturated rings. The maximum atomic E-state index is 13.5. The molecule has 2 aromatic heterocycles. The van der Waals surface area contributed by atoms with Crippen LogP contribution in [0.3, 0.4) is 0 Å². The van der Waals surface area contributed by atoms with Crippen molar-refractivity contribution in [2.45, 2.75) is 6.92 Å². The molecule has 2 heterocycles. The van der Waals surface area contributed by atoms with Gasteiger partial charge in [-0.05, 0) is 90.2 Å². The van der Waals surface area contributed by atoms with E-state index < -0.39 is 0 Å². The van der Waals surface area contributed by atoms with Crippen LogP contribution in [0.2, 0.25) is 0 Å². The van der Waals surface area contributed by atoms with Crippen molar-refractivity contribution in [3.8, 4) is 5.69 Å². The number of hydrogen-bond acceptors (Lipinski definition) is 2. The zero-order chi connectivity index (χ0) is 21.5. The first kappa shape index (κ1) is 20.2. The summed E-state index contributed by atoms with van der Waals surface area (Å²) in [5.74, 6) is 0.589. The second-order valence-corrected chi connectivity index (χ2v) is 9.45. The summed E-state index contributed by atoms with van der Waals surface area (Å²) in [6.07, 6.45) is 3.95. The van der Waals surface area contributed by atoms with Crippen molar-refractivity contribution in [1.82, 2.24) is 14.5 Å². The van der Waals surface area contributed by atoms with Crippen LogP contribution in [0.1, 0.15) is 17.1 Å². The molecule has 0 radical (unpaired) electrons. The van der Waals surface area contributed by atoms with Crippen LogP contribution < -0.4 is 5.56 Å². The van der Waals surface area contributed by atoms with Crippen LogP contribution in [-0.4, -0.2) is 14.5 Å². The zero-order valence-electron chi connectivity index (χ0n) is 16.6. The zero-order valence-corrected chi connectivity index (χ0v) is 20.3. The number of nitrogens with zero attached hydrogens (tertiary/aromatic N) is 2. The fraction of sp³-hybridized carbons (Fsp3) is 0.0400. The van der Waals surface area contributed by atoms with Crippen molar-refractivity contribution < 1.29 is 0 Å². The molecule has 0 aliphatic heterocycles. The maximum absolute atomic E-state index is 13.5. The van der Waals surface area contributed by atoms with E-state index in [1.165, 1.54) is 0 Å². The van der Waals surface area contributed by atoms with Crippen LogP contribution >= 0.6 is 38.5 Å². The normalized spacial score (nSPS) is 11.7. The first-order valence-electron chi connectivity index (χ1n) is 9.75. The molecule has 6 heteroatoms. The molecule has 0 saturated carbocycles. The topological polar surface area (TPSA) is 50.7 Å². The average molecular weight is 582 g/mol. The number of halogens is 2. The Hall–Kier alpha value is -2.71. The largest absolute Gasteiger partial charge is 0.358 e. The summed E-state index contributed by atoms with van der Waals surface area (Å²) < 4.78 is 3.63. The fourth-order valence-electron chi connectivity index (χ4n) is 3.80. The predicted octanol–water partition coefficient (Wildman–Crippen LogP) is 6.71. The summed E-state index contributed by atoms with van der Waals surface area (Å²) in [4.78, 5) is 21.7. The molecule has 0 unspecified atom stereocenters. The quantitative estimate of drug-likeness (QED) is 0.241. The molecule has 0 saturated heterocycles. The van der Waals surface area contributed by atoms with Gasteiger partial charge in [0.05, 0.1) is 16.6 Å². The van der Waals surface area contributed by atoms with Gasteiger partial charge in [-0.3, -0.25) is 9.36 Å². The SMILES string of the molecule is Cc1[nH]c2ccccc2c1/C=C/c1nc2ccc(I)cc2c(=O)n1-c1ccc(Br)cc1. The number of nitrogens with one attached hydrogen (secondary N) is 1. The molecular weight excluding hydrogens is 565 g/mol. The van der Waals surface area contributed by atoms with Crippen molar-refractivity contribution >= 4 is 72.5 Å². The van der Waals surface area contributed by atoms with Crippen LogP contribution in [0.4, 0.5) is 0 Å². The van der Waals surface area contributed by atoms with Gasteiger partial charge in [0.1, 0.15) is 5.82 Å². The molecule has 0 aliphatic rings. The molecule has 152 valence electrons. The highest BCUT2D eigenvalue weighted by Gasteiger charge is 2.12. The van der Waals surface area contributed by atoms with Crippen molar-refractivity contribution in [3.05, 3.63) is 102 Å². The molecule has 5 rings (SSSR count). The minimum Gasteiger partial charge on any atom is -0.358 e. The van der Waals surface area contributed by atoms with Crippen molar-refractivity contribution in [2.24, 2.45) is 0 Å². The lowest BCUT2D eigenvalue weighted by atomic mass is 10.1. The third kappa shape index (κ3) is 3.74. The van der Waals surface area contributed by atoms with E-state index in [2.05, 4.69) is 62.6 Å². The lowest BCUT2D eigenvalue weighted by Gasteiger charge is -2.12. The molecule has 3 aromatic carbocycles. The van der Waals surface area contributed by atoms with Crippen molar-refractivity contribution in [2.75, 3.05) is 0 Å². The first-order valence-corrected chi connectivity index (χ1v) is 11.6. The molecule has 31 heavy (non-hydrogen) atoms. The molecule has 0 spiro atoms. The lowest BCUT2D eigenvalue weighted by Crippen LogP contribution is -2.22. The van der Waals surface area contributed by atoms with Crippen LogP contribution in [-0.2, 0) is 0 Å². The standard InChI is InChI=1S/C25H17BrIN3O/c1-15-19(20-4-2-3-5-22(20)28-15)11-13-24-29-23-12-8-17(27)14-21(23)25(31)30(24)18-9-6-16(26)7-10-18/h2-14,28H,1H3/b13-11+. The van der Waals surface area contributed by atoms with Gasteiger partial charge in [0.15, 0.2) is 0 Å². The van der Waals surface area contributed by atoms with Gasteiger partial charge in [0.2, 0.25) is 0 Å². The van der Waals surface area contributed by atoms with E-state index in [0.29, 0.717) is 16.7 Å². The molecule has 0 amide bonds. The summed E-state index contributed by atoms with van der Waals surface area (Å²) in [5.41, 5.74) is 4.64. The molecule has 5 aromatic rings. The predicted molar refractivity (Wildman–Crippen MR) is 140 cm³/mol. The van der Waals surface area contributed by atoms with E-state index in [1.807, 2.05) is 66.7 Å². The Morgan fingerprint density at radius 2 is 1.77 bits per heavy atom. The van der Waals surface area contributed by atoms with Crippen LogP contribution in [0.15, 0.2) is 76.0 Å². The Morgan fingerprint density at radius 1 is 1.00 bits per heavy atom. The molecule has 1 N–H and O–H groups in total. The van der Waals surface area contributed by atoms with Gasteiger partial charge < -0.3 is 4.98 Å². The smallest absolute Gasteiger partial charge is 0.266 e. The van der Waals surface area contributed by atoms with Gasteiger partial charge >= 0.3 is 0 Å². The van der Waals surface area contributed by atoms with Crippen molar-refractivity contribution in [3.63, 3.8) is 0 Å². The fourth-order valence-corrected chi connectivity index (χ4v) is 4.55. The first-order chi connectivity index (χ1) is 15.0. The summed E-state index contributed by atoms with van der Waals surface area (Å²) in [5, 5.41) is 1.75. The van der Waals surface area contributed by atoms with E-state index in [1.54, 1.807) is 4.57 Å². The number of aryl methyl sites for hydroxylation is 1. The highest BCUT2D eigenvalue weighted by atomic mass is 127. The third-order valence-corrected chi connectivity index (χ3v) is 6.48. The number of fused-ring (bicyclic) bond motifs is 2. The lowest BCUT2D eigenvalue weighted by molar-refractivity contribution is 0.943. The number of rotatable bonds is 3. The summed E-state index contributed by atoms with van der Waals surface area (Å²) >= 11 is 5.69. The van der Waals surface area contributed by atoms with Gasteiger partial charge in [-0.25, -0.2) is 4.98 Å². The van der Waals surface area contributed by atoms with Gasteiger partial charge in [0.25, 0.3) is 5.56 Å². The summed E-state index contributed by atoms with van der Waals surface area (Å²) in [6, 6.07) is 21.7. The second kappa shape index (κ2) is 8.09. The van der Waals surface area contributed by atoms with Gasteiger partial charge in [0, 0.05) is 30.2 Å². The van der Waals surface area contributed by atoms with Crippen molar-refractivity contribution in [1.29, 1.82) is 0 Å². The van der Waals surface area contributed by atoms with E-state index in [9.17, 15) is 4.79 Å². The number of aromatic nitrogens is 3. The summed E-state index contributed by atoms with van der Waals surface area (Å²) in [6.45, 7) is 2.05.